The predicted molar refractivity (Wildman–Crippen MR) is 50.6 cm³/mol. The van der Waals surface area contributed by atoms with Crippen molar-refractivity contribution in [2.75, 3.05) is 0 Å². The van der Waals surface area contributed by atoms with E-state index in [2.05, 4.69) is 27.7 Å². The first-order chi connectivity index (χ1) is 5.02. The first-order valence-corrected chi connectivity index (χ1v) is 5.02. The minimum absolute atomic E-state index is 0.542. The summed E-state index contributed by atoms with van der Waals surface area (Å²) in [5.41, 5.74) is 0.542. The van der Waals surface area contributed by atoms with Crippen LogP contribution in [0.1, 0.15) is 53.4 Å². The van der Waals surface area contributed by atoms with E-state index in [0.29, 0.717) is 5.41 Å². The standard InChI is InChI=1S/C11H22/c1-9-7-5-6-8-10(9)11(2,3)4/h9-10H,5-8H2,1-4H3/t9-,10-/m1/s1. The van der Waals surface area contributed by atoms with Gasteiger partial charge in [-0.1, -0.05) is 47.0 Å². The Morgan fingerprint density at radius 2 is 1.55 bits per heavy atom. The van der Waals surface area contributed by atoms with E-state index in [9.17, 15) is 0 Å². The smallest absolute Gasteiger partial charge is 0.0340 e. The van der Waals surface area contributed by atoms with Gasteiger partial charge in [0.15, 0.2) is 0 Å². The second-order valence-corrected chi connectivity index (χ2v) is 5.23. The van der Waals surface area contributed by atoms with E-state index in [4.69, 9.17) is 0 Å². The molecule has 1 fully saturated rings. The first kappa shape index (κ1) is 9.09. The van der Waals surface area contributed by atoms with Crippen molar-refractivity contribution in [3.8, 4) is 0 Å². The lowest BCUT2D eigenvalue weighted by atomic mass is 9.67. The zero-order valence-electron chi connectivity index (χ0n) is 8.48. The maximum absolute atomic E-state index is 2.43. The highest BCUT2D eigenvalue weighted by Gasteiger charge is 2.30. The zero-order chi connectivity index (χ0) is 8.48. The maximum atomic E-state index is 2.43. The van der Waals surface area contributed by atoms with Crippen LogP contribution >= 0.6 is 0 Å². The normalized spacial score (nSPS) is 33.8. The van der Waals surface area contributed by atoms with Gasteiger partial charge in [-0.15, -0.1) is 0 Å². The van der Waals surface area contributed by atoms with Gasteiger partial charge in [0.05, 0.1) is 0 Å². The largest absolute Gasteiger partial charge is 0.0622 e. The third-order valence-corrected chi connectivity index (χ3v) is 3.22. The van der Waals surface area contributed by atoms with Crippen LogP contribution < -0.4 is 0 Å². The number of hydrogen-bond donors (Lipinski definition) is 0. The van der Waals surface area contributed by atoms with Gasteiger partial charge in [0, 0.05) is 0 Å². The van der Waals surface area contributed by atoms with Crippen molar-refractivity contribution in [3.05, 3.63) is 0 Å². The summed E-state index contributed by atoms with van der Waals surface area (Å²) < 4.78 is 0. The lowest BCUT2D eigenvalue weighted by Gasteiger charge is -2.38. The van der Waals surface area contributed by atoms with Crippen LogP contribution in [0.15, 0.2) is 0 Å². The second-order valence-electron chi connectivity index (χ2n) is 5.23. The third kappa shape index (κ3) is 2.21. The summed E-state index contributed by atoms with van der Waals surface area (Å²) >= 11 is 0. The quantitative estimate of drug-likeness (QED) is 0.497. The van der Waals surface area contributed by atoms with E-state index >= 15 is 0 Å². The molecule has 0 heteroatoms. The van der Waals surface area contributed by atoms with Gasteiger partial charge in [0.25, 0.3) is 0 Å². The molecule has 1 aliphatic rings. The molecule has 0 spiro atoms. The van der Waals surface area contributed by atoms with E-state index in [-0.39, 0.29) is 0 Å². The van der Waals surface area contributed by atoms with Crippen molar-refractivity contribution in [3.63, 3.8) is 0 Å². The Bertz CT molecular complexity index is 118. The fraction of sp³-hybridized carbons (Fsp3) is 1.00. The van der Waals surface area contributed by atoms with Gasteiger partial charge in [-0.2, -0.15) is 0 Å². The maximum Gasteiger partial charge on any atom is -0.0340 e. The van der Waals surface area contributed by atoms with Crippen LogP contribution in [0.2, 0.25) is 0 Å². The van der Waals surface area contributed by atoms with E-state index in [1.54, 1.807) is 0 Å². The predicted octanol–water partition coefficient (Wildman–Crippen LogP) is 3.86. The van der Waals surface area contributed by atoms with Gasteiger partial charge in [-0.3, -0.25) is 0 Å². The Morgan fingerprint density at radius 3 is 1.91 bits per heavy atom. The van der Waals surface area contributed by atoms with Crippen LogP contribution in [0.3, 0.4) is 0 Å². The molecule has 0 amide bonds. The highest BCUT2D eigenvalue weighted by atomic mass is 14.4. The van der Waals surface area contributed by atoms with Gasteiger partial charge in [0.1, 0.15) is 0 Å². The summed E-state index contributed by atoms with van der Waals surface area (Å²) in [6.45, 7) is 9.59. The molecule has 11 heavy (non-hydrogen) atoms. The molecule has 0 saturated heterocycles. The minimum atomic E-state index is 0.542. The summed E-state index contributed by atoms with van der Waals surface area (Å²) in [6, 6.07) is 0. The molecule has 0 radical (unpaired) electrons. The van der Waals surface area contributed by atoms with Crippen LogP contribution in [0.4, 0.5) is 0 Å². The van der Waals surface area contributed by atoms with E-state index in [1.807, 2.05) is 0 Å². The molecule has 0 aromatic heterocycles. The average Bonchev–Trinajstić information content (AvgIpc) is 1.86. The molecule has 0 N–H and O–H groups in total. The zero-order valence-corrected chi connectivity index (χ0v) is 8.48. The van der Waals surface area contributed by atoms with Crippen molar-refractivity contribution < 1.29 is 0 Å². The van der Waals surface area contributed by atoms with Crippen LogP contribution in [0.5, 0.6) is 0 Å². The van der Waals surface area contributed by atoms with Crippen LogP contribution in [-0.4, -0.2) is 0 Å². The van der Waals surface area contributed by atoms with Crippen LogP contribution in [-0.2, 0) is 0 Å². The van der Waals surface area contributed by atoms with Crippen molar-refractivity contribution in [2.45, 2.75) is 53.4 Å². The van der Waals surface area contributed by atoms with Gasteiger partial charge in [-0.25, -0.2) is 0 Å². The van der Waals surface area contributed by atoms with E-state index in [1.165, 1.54) is 25.7 Å². The third-order valence-electron chi connectivity index (χ3n) is 3.22. The molecule has 66 valence electrons. The molecular formula is C11H22. The Kier molecular flexibility index (Phi) is 2.61. The average molecular weight is 154 g/mol. The molecular weight excluding hydrogens is 132 g/mol. The monoisotopic (exact) mass is 154 g/mol. The molecule has 0 heterocycles. The fourth-order valence-corrected chi connectivity index (χ4v) is 2.60. The lowest BCUT2D eigenvalue weighted by Crippen LogP contribution is -2.29. The lowest BCUT2D eigenvalue weighted by molar-refractivity contribution is 0.119. The van der Waals surface area contributed by atoms with Crippen molar-refractivity contribution in [1.29, 1.82) is 0 Å². The SMILES string of the molecule is C[C@@H]1CCCC[C@H]1C(C)(C)C. The molecule has 0 aromatic carbocycles. The molecule has 0 bridgehead atoms. The molecule has 1 saturated carbocycles. The summed E-state index contributed by atoms with van der Waals surface area (Å²) in [4.78, 5) is 0. The molecule has 1 rings (SSSR count). The molecule has 0 unspecified atom stereocenters. The Labute approximate surface area is 71.4 Å². The van der Waals surface area contributed by atoms with E-state index in [0.717, 1.165) is 11.8 Å². The Hall–Kier alpha value is 0. The van der Waals surface area contributed by atoms with Crippen LogP contribution in [0, 0.1) is 17.3 Å². The number of rotatable bonds is 0. The summed E-state index contributed by atoms with van der Waals surface area (Å²) in [7, 11) is 0. The van der Waals surface area contributed by atoms with Gasteiger partial charge in [0.2, 0.25) is 0 Å². The van der Waals surface area contributed by atoms with Crippen molar-refractivity contribution in [1.82, 2.24) is 0 Å². The topological polar surface area (TPSA) is 0 Å². The molecule has 0 aromatic rings. The highest BCUT2D eigenvalue weighted by molar-refractivity contribution is 4.81. The fourth-order valence-electron chi connectivity index (χ4n) is 2.60. The molecule has 0 aliphatic heterocycles. The molecule has 0 nitrogen and oxygen atoms in total. The Balaban J connectivity index is 2.55. The van der Waals surface area contributed by atoms with E-state index < -0.39 is 0 Å². The minimum Gasteiger partial charge on any atom is -0.0622 e. The van der Waals surface area contributed by atoms with Crippen LogP contribution in [0.25, 0.3) is 0 Å². The molecule has 2 atom stereocenters. The number of hydrogen-bond acceptors (Lipinski definition) is 0. The Morgan fingerprint density at radius 1 is 1.00 bits per heavy atom. The summed E-state index contributed by atoms with van der Waals surface area (Å²) in [5.74, 6) is 1.93. The second kappa shape index (κ2) is 3.16. The highest BCUT2D eigenvalue weighted by Crippen LogP contribution is 2.41. The van der Waals surface area contributed by atoms with Gasteiger partial charge in [-0.05, 0) is 23.7 Å². The van der Waals surface area contributed by atoms with Crippen molar-refractivity contribution in [2.24, 2.45) is 17.3 Å². The van der Waals surface area contributed by atoms with Crippen molar-refractivity contribution >= 4 is 0 Å². The molecule has 1 aliphatic carbocycles. The van der Waals surface area contributed by atoms with Gasteiger partial charge >= 0.3 is 0 Å². The first-order valence-electron chi connectivity index (χ1n) is 5.02. The summed E-state index contributed by atoms with van der Waals surface area (Å²) in [6.07, 6.45) is 5.85. The van der Waals surface area contributed by atoms with Gasteiger partial charge < -0.3 is 0 Å². The summed E-state index contributed by atoms with van der Waals surface area (Å²) in [5, 5.41) is 0.